The summed E-state index contributed by atoms with van der Waals surface area (Å²) in [6.07, 6.45) is 1.62. The molecule has 0 saturated carbocycles. The van der Waals surface area contributed by atoms with E-state index in [9.17, 15) is 14.0 Å². The molecule has 0 radical (unpaired) electrons. The van der Waals surface area contributed by atoms with Crippen molar-refractivity contribution in [1.29, 1.82) is 0 Å². The number of halogens is 1. The van der Waals surface area contributed by atoms with Gasteiger partial charge in [0.15, 0.2) is 16.9 Å². The topological polar surface area (TPSA) is 78.2 Å². The SMILES string of the molecule is COc1ccc([C@H]2c3c(oc4ccc(F)cc4c3=O)C(=O)N2C[C@@H]2CCCO2)cc1OC. The summed E-state index contributed by atoms with van der Waals surface area (Å²) in [5.41, 5.74) is 0.603. The van der Waals surface area contributed by atoms with Crippen molar-refractivity contribution in [2.45, 2.75) is 25.0 Å². The van der Waals surface area contributed by atoms with Gasteiger partial charge in [-0.2, -0.15) is 0 Å². The van der Waals surface area contributed by atoms with E-state index in [0.717, 1.165) is 18.9 Å². The molecule has 0 spiro atoms. The van der Waals surface area contributed by atoms with E-state index in [4.69, 9.17) is 18.6 Å². The molecule has 0 aliphatic carbocycles. The van der Waals surface area contributed by atoms with Gasteiger partial charge >= 0.3 is 0 Å². The van der Waals surface area contributed by atoms with Crippen molar-refractivity contribution >= 4 is 16.9 Å². The average molecular weight is 439 g/mol. The number of nitrogens with zero attached hydrogens (tertiary/aromatic N) is 1. The highest BCUT2D eigenvalue weighted by atomic mass is 19.1. The predicted molar refractivity (Wildman–Crippen MR) is 114 cm³/mol. The Hall–Kier alpha value is -3.39. The van der Waals surface area contributed by atoms with E-state index < -0.39 is 23.2 Å². The first-order chi connectivity index (χ1) is 15.5. The maximum Gasteiger partial charge on any atom is 0.291 e. The van der Waals surface area contributed by atoms with Gasteiger partial charge in [-0.1, -0.05) is 6.07 Å². The molecule has 5 rings (SSSR count). The van der Waals surface area contributed by atoms with Crippen LogP contribution >= 0.6 is 0 Å². The molecule has 3 heterocycles. The number of rotatable bonds is 5. The number of benzene rings is 2. The summed E-state index contributed by atoms with van der Waals surface area (Å²) in [7, 11) is 3.05. The van der Waals surface area contributed by atoms with E-state index in [1.54, 1.807) is 23.1 Å². The first kappa shape index (κ1) is 20.5. The molecule has 0 unspecified atom stereocenters. The summed E-state index contributed by atoms with van der Waals surface area (Å²) in [6, 6.07) is 8.24. The van der Waals surface area contributed by atoms with Gasteiger partial charge in [0.25, 0.3) is 5.91 Å². The van der Waals surface area contributed by atoms with E-state index in [1.165, 1.54) is 26.4 Å². The average Bonchev–Trinajstić information content (AvgIpc) is 3.41. The Morgan fingerprint density at radius 2 is 1.91 bits per heavy atom. The van der Waals surface area contributed by atoms with Crippen LogP contribution in [0.5, 0.6) is 11.5 Å². The molecule has 8 heteroatoms. The Morgan fingerprint density at radius 1 is 1.09 bits per heavy atom. The maximum atomic E-state index is 13.9. The van der Waals surface area contributed by atoms with Gasteiger partial charge in [-0.25, -0.2) is 4.39 Å². The Labute approximate surface area is 183 Å². The number of methoxy groups -OCH3 is 2. The predicted octanol–water partition coefficient (Wildman–Crippen LogP) is 3.67. The zero-order valence-electron chi connectivity index (χ0n) is 17.7. The van der Waals surface area contributed by atoms with Crippen LogP contribution < -0.4 is 14.9 Å². The molecular formula is C24H22FNO6. The minimum Gasteiger partial charge on any atom is -0.493 e. The van der Waals surface area contributed by atoms with E-state index in [1.807, 2.05) is 0 Å². The van der Waals surface area contributed by atoms with Gasteiger partial charge in [0.05, 0.1) is 37.3 Å². The fourth-order valence-corrected chi connectivity index (χ4v) is 4.56. The number of amides is 1. The Morgan fingerprint density at radius 3 is 2.62 bits per heavy atom. The lowest BCUT2D eigenvalue weighted by Crippen LogP contribution is -2.36. The van der Waals surface area contributed by atoms with Crippen LogP contribution in [0.4, 0.5) is 4.39 Å². The van der Waals surface area contributed by atoms with Crippen LogP contribution in [0.3, 0.4) is 0 Å². The van der Waals surface area contributed by atoms with Gasteiger partial charge in [-0.3, -0.25) is 9.59 Å². The smallest absolute Gasteiger partial charge is 0.291 e. The number of hydrogen-bond donors (Lipinski definition) is 0. The van der Waals surface area contributed by atoms with Crippen molar-refractivity contribution in [3.63, 3.8) is 0 Å². The Kier molecular flexibility index (Phi) is 5.09. The summed E-state index contributed by atoms with van der Waals surface area (Å²) >= 11 is 0. The zero-order chi connectivity index (χ0) is 22.4. The van der Waals surface area contributed by atoms with Crippen molar-refractivity contribution in [2.75, 3.05) is 27.4 Å². The summed E-state index contributed by atoms with van der Waals surface area (Å²) in [4.78, 5) is 28.5. The quantitative estimate of drug-likeness (QED) is 0.604. The van der Waals surface area contributed by atoms with Crippen molar-refractivity contribution in [2.24, 2.45) is 0 Å². The molecule has 0 N–H and O–H groups in total. The van der Waals surface area contributed by atoms with E-state index in [-0.39, 0.29) is 28.4 Å². The third kappa shape index (κ3) is 3.22. The van der Waals surface area contributed by atoms with Crippen molar-refractivity contribution in [3.05, 3.63) is 69.3 Å². The van der Waals surface area contributed by atoms with Crippen molar-refractivity contribution in [1.82, 2.24) is 4.90 Å². The second kappa shape index (κ2) is 7.94. The highest BCUT2D eigenvalue weighted by Gasteiger charge is 2.44. The van der Waals surface area contributed by atoms with Crippen LogP contribution in [0, 0.1) is 5.82 Å². The van der Waals surface area contributed by atoms with Crippen LogP contribution in [0.1, 0.15) is 40.6 Å². The lowest BCUT2D eigenvalue weighted by molar-refractivity contribution is 0.0486. The molecule has 2 aliphatic rings. The molecule has 1 amide bonds. The van der Waals surface area contributed by atoms with Crippen LogP contribution in [0.15, 0.2) is 45.6 Å². The first-order valence-electron chi connectivity index (χ1n) is 10.4. The molecule has 166 valence electrons. The summed E-state index contributed by atoms with van der Waals surface area (Å²) in [6.45, 7) is 0.952. The molecular weight excluding hydrogens is 417 g/mol. The molecule has 1 aromatic heterocycles. The van der Waals surface area contributed by atoms with Gasteiger partial charge in [-0.15, -0.1) is 0 Å². The van der Waals surface area contributed by atoms with Gasteiger partial charge in [0.2, 0.25) is 5.76 Å². The van der Waals surface area contributed by atoms with Crippen LogP contribution in [-0.2, 0) is 4.74 Å². The number of fused-ring (bicyclic) bond motifs is 2. The lowest BCUT2D eigenvalue weighted by Gasteiger charge is -2.27. The van der Waals surface area contributed by atoms with Crippen molar-refractivity contribution < 1.29 is 27.8 Å². The van der Waals surface area contributed by atoms with Gasteiger partial charge < -0.3 is 23.5 Å². The molecule has 1 saturated heterocycles. The fraction of sp³-hybridized carbons (Fsp3) is 0.333. The van der Waals surface area contributed by atoms with Crippen molar-refractivity contribution in [3.8, 4) is 11.5 Å². The summed E-state index contributed by atoms with van der Waals surface area (Å²) < 4.78 is 36.2. The third-order valence-electron chi connectivity index (χ3n) is 6.08. The highest BCUT2D eigenvalue weighted by Crippen LogP contribution is 2.41. The maximum absolute atomic E-state index is 13.9. The lowest BCUT2D eigenvalue weighted by atomic mass is 9.97. The third-order valence-corrected chi connectivity index (χ3v) is 6.08. The second-order valence-corrected chi connectivity index (χ2v) is 7.92. The number of carbonyl (C=O) groups excluding carboxylic acids is 1. The van der Waals surface area contributed by atoms with Gasteiger partial charge in [0, 0.05) is 13.2 Å². The number of ether oxygens (including phenoxy) is 3. The van der Waals surface area contributed by atoms with Gasteiger partial charge in [0.1, 0.15) is 11.4 Å². The zero-order valence-corrected chi connectivity index (χ0v) is 17.7. The standard InChI is InChI=1S/C24H22FNO6/c1-29-18-7-5-13(10-19(18)30-2)21-20-22(27)16-11-14(25)6-8-17(16)32-23(20)24(28)26(21)12-15-4-3-9-31-15/h5-8,10-11,15,21H,3-4,9,12H2,1-2H3/t15-,21-/m0/s1. The second-order valence-electron chi connectivity index (χ2n) is 7.92. The number of hydrogen-bond acceptors (Lipinski definition) is 6. The Bertz CT molecular complexity index is 1260. The van der Waals surface area contributed by atoms with E-state index in [2.05, 4.69) is 0 Å². The first-order valence-corrected chi connectivity index (χ1v) is 10.4. The molecule has 3 aromatic rings. The molecule has 2 aliphatic heterocycles. The molecule has 7 nitrogen and oxygen atoms in total. The minimum absolute atomic E-state index is 0.0214. The van der Waals surface area contributed by atoms with Crippen LogP contribution in [-0.4, -0.2) is 44.3 Å². The van der Waals surface area contributed by atoms with Crippen LogP contribution in [0.25, 0.3) is 11.0 Å². The fourth-order valence-electron chi connectivity index (χ4n) is 4.56. The Balaban J connectivity index is 1.71. The largest absolute Gasteiger partial charge is 0.493 e. The highest BCUT2D eigenvalue weighted by molar-refractivity contribution is 5.99. The normalized spacial score (nSPS) is 20.1. The summed E-state index contributed by atoms with van der Waals surface area (Å²) in [5.74, 6) is 0.0386. The van der Waals surface area contributed by atoms with E-state index in [0.29, 0.717) is 30.2 Å². The monoisotopic (exact) mass is 439 g/mol. The molecule has 1 fully saturated rings. The molecule has 2 atom stereocenters. The number of carbonyl (C=O) groups is 1. The summed E-state index contributed by atoms with van der Waals surface area (Å²) in [5, 5.41) is 0.0981. The molecule has 32 heavy (non-hydrogen) atoms. The van der Waals surface area contributed by atoms with Crippen LogP contribution in [0.2, 0.25) is 0 Å². The van der Waals surface area contributed by atoms with E-state index >= 15 is 0 Å². The van der Waals surface area contributed by atoms with Gasteiger partial charge in [-0.05, 0) is 48.7 Å². The molecule has 2 aromatic carbocycles. The molecule has 0 bridgehead atoms. The minimum atomic E-state index is -0.717.